The van der Waals surface area contributed by atoms with E-state index >= 15 is 0 Å². The number of aliphatic carboxylic acids is 1. The molecule has 2 heterocycles. The number of rotatable bonds is 8. The van der Waals surface area contributed by atoms with Gasteiger partial charge in [0.15, 0.2) is 11.5 Å². The van der Waals surface area contributed by atoms with E-state index in [-0.39, 0.29) is 41.3 Å². The van der Waals surface area contributed by atoms with Crippen molar-refractivity contribution in [2.45, 2.75) is 64.8 Å². The number of pyridine rings is 1. The molecule has 0 spiro atoms. The standard InChI is InChI=1S/C25H26Cl2F6N4O4/c1-22(2,25(31,32)33)12-36(11-17(38)18-15(26)9-34-10-16(18)27)20(39)14-8-35-37(19(14)24(28,29)30)13-4-6-23(3,7-5-13)21(40)41/h8-10,13H,4-7,11-12H2,1-3H3,(H,40,41)/t13-,23-. The number of carbonyl (C=O) groups excluding carboxylic acids is 2. The number of carboxylic acid groups (broad SMARTS) is 1. The Morgan fingerprint density at radius 1 is 1.05 bits per heavy atom. The fourth-order valence-corrected chi connectivity index (χ4v) is 5.22. The average molecular weight is 631 g/mol. The van der Waals surface area contributed by atoms with E-state index in [1.54, 1.807) is 0 Å². The quantitative estimate of drug-likeness (QED) is 0.256. The number of ketones is 1. The molecule has 0 aromatic carbocycles. The summed E-state index contributed by atoms with van der Waals surface area (Å²) < 4.78 is 84.9. The van der Waals surface area contributed by atoms with Gasteiger partial charge < -0.3 is 10.0 Å². The summed E-state index contributed by atoms with van der Waals surface area (Å²) in [4.78, 5) is 42.2. The number of nitrogens with zero attached hydrogens (tertiary/aromatic N) is 4. The van der Waals surface area contributed by atoms with Gasteiger partial charge in [-0.1, -0.05) is 23.2 Å². The zero-order valence-electron chi connectivity index (χ0n) is 22.0. The second-order valence-corrected chi connectivity index (χ2v) is 11.7. The van der Waals surface area contributed by atoms with E-state index in [9.17, 15) is 45.8 Å². The molecule has 1 amide bonds. The molecule has 1 aliphatic rings. The van der Waals surface area contributed by atoms with Crippen LogP contribution >= 0.6 is 23.2 Å². The van der Waals surface area contributed by atoms with E-state index in [1.807, 2.05) is 0 Å². The lowest BCUT2D eigenvalue weighted by Crippen LogP contribution is -2.48. The van der Waals surface area contributed by atoms with Crippen LogP contribution in [0.1, 0.15) is 78.9 Å². The zero-order valence-corrected chi connectivity index (χ0v) is 23.5. The monoisotopic (exact) mass is 630 g/mol. The summed E-state index contributed by atoms with van der Waals surface area (Å²) >= 11 is 11.9. The van der Waals surface area contributed by atoms with Crippen LogP contribution in [-0.2, 0) is 11.0 Å². The Hall–Kier alpha value is -2.87. The smallest absolute Gasteiger partial charge is 0.433 e. The molecule has 0 unspecified atom stereocenters. The summed E-state index contributed by atoms with van der Waals surface area (Å²) in [5.41, 5.74) is -6.69. The largest absolute Gasteiger partial charge is 0.481 e. The van der Waals surface area contributed by atoms with E-state index in [2.05, 4.69) is 10.1 Å². The third-order valence-corrected chi connectivity index (χ3v) is 7.90. The third kappa shape index (κ3) is 6.79. The highest BCUT2D eigenvalue weighted by molar-refractivity contribution is 6.39. The number of carbonyl (C=O) groups is 3. The normalized spacial score (nSPS) is 20.1. The Morgan fingerprint density at radius 3 is 2.05 bits per heavy atom. The minimum Gasteiger partial charge on any atom is -0.481 e. The zero-order chi connectivity index (χ0) is 31.1. The van der Waals surface area contributed by atoms with Crippen molar-refractivity contribution in [1.29, 1.82) is 0 Å². The summed E-state index contributed by atoms with van der Waals surface area (Å²) in [6, 6.07) is -0.920. The maximum absolute atomic E-state index is 14.3. The highest BCUT2D eigenvalue weighted by Crippen LogP contribution is 2.44. The first-order valence-corrected chi connectivity index (χ1v) is 13.0. The van der Waals surface area contributed by atoms with E-state index in [0.29, 0.717) is 15.8 Å². The molecule has 0 aliphatic heterocycles. The molecular weight excluding hydrogens is 605 g/mol. The lowest BCUT2D eigenvalue weighted by Gasteiger charge is -2.35. The van der Waals surface area contributed by atoms with Gasteiger partial charge in [0.1, 0.15) is 0 Å². The van der Waals surface area contributed by atoms with Crippen LogP contribution in [0.5, 0.6) is 0 Å². The molecule has 0 saturated heterocycles. The Labute approximate surface area is 240 Å². The highest BCUT2D eigenvalue weighted by atomic mass is 35.5. The van der Waals surface area contributed by atoms with Crippen LogP contribution in [0, 0.1) is 10.8 Å². The van der Waals surface area contributed by atoms with Crippen LogP contribution in [0.15, 0.2) is 18.6 Å². The lowest BCUT2D eigenvalue weighted by atomic mass is 9.74. The summed E-state index contributed by atoms with van der Waals surface area (Å²) in [6.45, 7) is 0.696. The van der Waals surface area contributed by atoms with Crippen molar-refractivity contribution in [3.8, 4) is 0 Å². The first-order chi connectivity index (χ1) is 18.7. The van der Waals surface area contributed by atoms with Crippen molar-refractivity contribution in [3.63, 3.8) is 0 Å². The predicted octanol–water partition coefficient (Wildman–Crippen LogP) is 6.72. The van der Waals surface area contributed by atoms with Crippen LogP contribution in [0.25, 0.3) is 0 Å². The fraction of sp³-hybridized carbons (Fsp3) is 0.560. The molecule has 41 heavy (non-hydrogen) atoms. The summed E-state index contributed by atoms with van der Waals surface area (Å²) in [5.74, 6) is -3.62. The number of halogens is 8. The second kappa shape index (κ2) is 11.4. The third-order valence-electron chi connectivity index (χ3n) is 7.32. The number of hydrogen-bond donors (Lipinski definition) is 1. The minimum atomic E-state index is -5.16. The van der Waals surface area contributed by atoms with Crippen LogP contribution < -0.4 is 0 Å². The van der Waals surface area contributed by atoms with E-state index in [0.717, 1.165) is 26.2 Å². The van der Waals surface area contributed by atoms with Gasteiger partial charge in [0.2, 0.25) is 0 Å². The van der Waals surface area contributed by atoms with Gasteiger partial charge in [-0.05, 0) is 46.5 Å². The number of Topliss-reactive ketones (excluding diaryl/α,β-unsaturated/α-hetero) is 1. The van der Waals surface area contributed by atoms with Gasteiger partial charge in [0.25, 0.3) is 5.91 Å². The highest BCUT2D eigenvalue weighted by Gasteiger charge is 2.50. The molecule has 1 saturated carbocycles. The first-order valence-electron chi connectivity index (χ1n) is 12.3. The molecule has 1 aliphatic carbocycles. The van der Waals surface area contributed by atoms with Gasteiger partial charge in [-0.15, -0.1) is 0 Å². The second-order valence-electron chi connectivity index (χ2n) is 10.9. The van der Waals surface area contributed by atoms with Crippen LogP contribution in [-0.4, -0.2) is 61.7 Å². The van der Waals surface area contributed by atoms with Crippen LogP contribution in [0.2, 0.25) is 10.0 Å². The molecule has 16 heteroatoms. The van der Waals surface area contributed by atoms with Gasteiger partial charge in [0.05, 0.1) is 50.8 Å². The van der Waals surface area contributed by atoms with Crippen molar-refractivity contribution in [2.24, 2.45) is 10.8 Å². The summed E-state index contributed by atoms with van der Waals surface area (Å²) in [5, 5.41) is 12.7. The van der Waals surface area contributed by atoms with Gasteiger partial charge in [0, 0.05) is 18.9 Å². The summed E-state index contributed by atoms with van der Waals surface area (Å²) in [6.07, 6.45) is -7.29. The summed E-state index contributed by atoms with van der Waals surface area (Å²) in [7, 11) is 0. The van der Waals surface area contributed by atoms with E-state index < -0.39 is 71.2 Å². The Morgan fingerprint density at radius 2 is 1.59 bits per heavy atom. The van der Waals surface area contributed by atoms with Crippen LogP contribution in [0.4, 0.5) is 26.3 Å². The topological polar surface area (TPSA) is 105 Å². The fourth-order valence-electron chi connectivity index (χ4n) is 4.64. The molecule has 8 nitrogen and oxygen atoms in total. The van der Waals surface area contributed by atoms with Crippen molar-refractivity contribution in [1.82, 2.24) is 19.7 Å². The number of alkyl halides is 6. The molecule has 1 N–H and O–H groups in total. The van der Waals surface area contributed by atoms with Crippen LogP contribution in [0.3, 0.4) is 0 Å². The first kappa shape index (κ1) is 32.6. The molecule has 0 atom stereocenters. The van der Waals surface area contributed by atoms with Gasteiger partial charge >= 0.3 is 18.3 Å². The van der Waals surface area contributed by atoms with Gasteiger partial charge in [-0.3, -0.25) is 24.0 Å². The molecule has 1 fully saturated rings. The predicted molar refractivity (Wildman–Crippen MR) is 135 cm³/mol. The van der Waals surface area contributed by atoms with Crippen molar-refractivity contribution < 1.29 is 45.8 Å². The van der Waals surface area contributed by atoms with E-state index in [4.69, 9.17) is 23.2 Å². The lowest BCUT2D eigenvalue weighted by molar-refractivity contribution is -0.214. The number of aromatic nitrogens is 3. The number of carboxylic acids is 1. The maximum atomic E-state index is 14.3. The van der Waals surface area contributed by atoms with Crippen molar-refractivity contribution >= 4 is 40.9 Å². The molecule has 3 rings (SSSR count). The molecule has 0 radical (unpaired) electrons. The molecule has 226 valence electrons. The van der Waals surface area contributed by atoms with Crippen molar-refractivity contribution in [2.75, 3.05) is 13.1 Å². The minimum absolute atomic E-state index is 0.00351. The number of hydrogen-bond acceptors (Lipinski definition) is 5. The Bertz CT molecular complexity index is 1310. The molecule has 0 bridgehead atoms. The average Bonchev–Trinajstić information content (AvgIpc) is 3.28. The van der Waals surface area contributed by atoms with Gasteiger partial charge in [-0.25, -0.2) is 0 Å². The van der Waals surface area contributed by atoms with Gasteiger partial charge in [-0.2, -0.15) is 31.4 Å². The molecule has 2 aromatic heterocycles. The molecule has 2 aromatic rings. The Balaban J connectivity index is 2.05. The SMILES string of the molecule is CC(C)(CN(CC(=O)c1c(Cl)cncc1Cl)C(=O)c1cnn([C@H]2CC[C@](C)(C(=O)O)CC2)c1C(F)(F)F)C(F)(F)F. The maximum Gasteiger partial charge on any atom is 0.433 e. The Kier molecular flexibility index (Phi) is 9.10. The van der Waals surface area contributed by atoms with Crippen molar-refractivity contribution in [3.05, 3.63) is 45.5 Å². The van der Waals surface area contributed by atoms with E-state index in [1.165, 1.54) is 6.92 Å². The molecular formula is C25H26Cl2F6N4O4. The number of amides is 1.